The van der Waals surface area contributed by atoms with E-state index in [1.807, 2.05) is 25.3 Å². The van der Waals surface area contributed by atoms with E-state index in [9.17, 15) is 0 Å². The maximum Gasteiger partial charge on any atom is 0.0599 e. The first-order chi connectivity index (χ1) is 9.83. The van der Waals surface area contributed by atoms with Crippen molar-refractivity contribution in [2.45, 2.75) is 39.0 Å². The summed E-state index contributed by atoms with van der Waals surface area (Å²) in [5.74, 6) is 0. The Morgan fingerprint density at radius 1 is 1.35 bits per heavy atom. The summed E-state index contributed by atoms with van der Waals surface area (Å²) >= 11 is 0. The van der Waals surface area contributed by atoms with Gasteiger partial charge in [0.25, 0.3) is 0 Å². The van der Waals surface area contributed by atoms with Gasteiger partial charge in [-0.25, -0.2) is 0 Å². The molecule has 0 N–H and O–H groups in total. The fraction of sp³-hybridized carbons (Fsp3) is 0.333. The normalized spacial score (nSPS) is 15.8. The molecule has 0 spiro atoms. The molecule has 2 heteroatoms. The Hall–Kier alpha value is -1.96. The van der Waals surface area contributed by atoms with Crippen LogP contribution in [0.5, 0.6) is 0 Å². The summed E-state index contributed by atoms with van der Waals surface area (Å²) in [5, 5.41) is 8.14. The molecule has 1 rings (SSSR count). The van der Waals surface area contributed by atoms with E-state index in [0.717, 1.165) is 31.4 Å². The molecule has 0 unspecified atom stereocenters. The zero-order valence-electron chi connectivity index (χ0n) is 12.3. The predicted octanol–water partition coefficient (Wildman–Crippen LogP) is 5.18. The van der Waals surface area contributed by atoms with Crippen molar-refractivity contribution < 1.29 is 0 Å². The average molecular weight is 268 g/mol. The maximum absolute atomic E-state index is 4.08. The second-order valence-corrected chi connectivity index (χ2v) is 4.68. The van der Waals surface area contributed by atoms with E-state index in [1.165, 1.54) is 12.0 Å². The molecule has 0 amide bonds. The molecule has 0 aromatic rings. The number of hydrogen-bond acceptors (Lipinski definition) is 2. The third-order valence-electron chi connectivity index (χ3n) is 2.89. The molecule has 20 heavy (non-hydrogen) atoms. The van der Waals surface area contributed by atoms with Crippen LogP contribution in [0.15, 0.2) is 71.0 Å². The lowest BCUT2D eigenvalue weighted by atomic mass is 10.1. The van der Waals surface area contributed by atoms with Crippen molar-refractivity contribution in [1.82, 2.24) is 0 Å². The Labute approximate surface area is 122 Å². The quantitative estimate of drug-likeness (QED) is 0.251. The molecule has 0 bridgehead atoms. The summed E-state index contributed by atoms with van der Waals surface area (Å²) < 4.78 is 0. The lowest BCUT2D eigenvalue weighted by molar-refractivity contribution is 0.766. The largest absolute Gasteiger partial charge is 0.163 e. The van der Waals surface area contributed by atoms with Crippen LogP contribution >= 0.6 is 0 Å². The number of rotatable bonds is 8. The topological polar surface area (TPSA) is 24.7 Å². The maximum atomic E-state index is 4.08. The van der Waals surface area contributed by atoms with E-state index in [4.69, 9.17) is 0 Å². The number of allylic oxidation sites excluding steroid dienone is 9. The summed E-state index contributed by atoms with van der Waals surface area (Å²) in [6, 6.07) is 0. The van der Waals surface area contributed by atoms with Crippen molar-refractivity contribution in [2.24, 2.45) is 10.2 Å². The van der Waals surface area contributed by atoms with E-state index in [1.54, 1.807) is 6.08 Å². The standard InChI is InChI=1S/C18H24N2/c1-3-4-12-17(2)20-19-16-11-7-10-15-18-13-8-5-6-9-14-18/h3-6,8,12-14,16H,1,7,9-11,15H2,2H3/b12-4-,19-16+,20-17+. The molecular weight excluding hydrogens is 244 g/mol. The van der Waals surface area contributed by atoms with Gasteiger partial charge in [-0.15, -0.1) is 0 Å². The van der Waals surface area contributed by atoms with Crippen LogP contribution in [0.4, 0.5) is 0 Å². The number of hydrogen-bond donors (Lipinski definition) is 0. The van der Waals surface area contributed by atoms with Crippen LogP contribution < -0.4 is 0 Å². The van der Waals surface area contributed by atoms with Crippen molar-refractivity contribution in [3.8, 4) is 0 Å². The summed E-state index contributed by atoms with van der Waals surface area (Å²) in [7, 11) is 0. The van der Waals surface area contributed by atoms with E-state index in [-0.39, 0.29) is 0 Å². The van der Waals surface area contributed by atoms with E-state index in [2.05, 4.69) is 47.2 Å². The molecule has 0 heterocycles. The highest BCUT2D eigenvalue weighted by Crippen LogP contribution is 2.13. The van der Waals surface area contributed by atoms with Crippen molar-refractivity contribution in [3.63, 3.8) is 0 Å². The van der Waals surface area contributed by atoms with Gasteiger partial charge in [0.1, 0.15) is 0 Å². The second-order valence-electron chi connectivity index (χ2n) is 4.68. The summed E-state index contributed by atoms with van der Waals surface area (Å²) in [6.45, 7) is 5.54. The van der Waals surface area contributed by atoms with Gasteiger partial charge in [-0.2, -0.15) is 10.2 Å². The van der Waals surface area contributed by atoms with Crippen molar-refractivity contribution in [3.05, 3.63) is 60.8 Å². The molecular formula is C18H24N2. The zero-order valence-corrected chi connectivity index (χ0v) is 12.3. The van der Waals surface area contributed by atoms with E-state index in [0.29, 0.717) is 0 Å². The smallest absolute Gasteiger partial charge is 0.0599 e. The van der Waals surface area contributed by atoms with Crippen LogP contribution in [0.1, 0.15) is 39.0 Å². The molecule has 1 aliphatic rings. The lowest BCUT2D eigenvalue weighted by Crippen LogP contribution is -1.84. The third kappa shape index (κ3) is 8.20. The van der Waals surface area contributed by atoms with Gasteiger partial charge >= 0.3 is 0 Å². The molecule has 1 aliphatic carbocycles. The van der Waals surface area contributed by atoms with Crippen molar-refractivity contribution in [2.75, 3.05) is 0 Å². The Kier molecular flexibility index (Phi) is 8.79. The fourth-order valence-electron chi connectivity index (χ4n) is 1.80. The summed E-state index contributed by atoms with van der Waals surface area (Å²) in [6.07, 6.45) is 23.8. The Morgan fingerprint density at radius 3 is 3.10 bits per heavy atom. The molecule has 0 fully saturated rings. The van der Waals surface area contributed by atoms with Gasteiger partial charge in [0, 0.05) is 6.21 Å². The van der Waals surface area contributed by atoms with E-state index >= 15 is 0 Å². The van der Waals surface area contributed by atoms with Gasteiger partial charge in [0.2, 0.25) is 0 Å². The molecule has 0 aromatic carbocycles. The lowest BCUT2D eigenvalue weighted by Gasteiger charge is -1.99. The van der Waals surface area contributed by atoms with E-state index < -0.39 is 0 Å². The van der Waals surface area contributed by atoms with Crippen LogP contribution in [0.2, 0.25) is 0 Å². The van der Waals surface area contributed by atoms with Crippen LogP contribution in [0, 0.1) is 0 Å². The first-order valence-corrected chi connectivity index (χ1v) is 7.20. The molecule has 0 saturated heterocycles. The van der Waals surface area contributed by atoms with Gasteiger partial charge in [-0.3, -0.25) is 0 Å². The third-order valence-corrected chi connectivity index (χ3v) is 2.89. The molecule has 2 nitrogen and oxygen atoms in total. The Morgan fingerprint density at radius 2 is 2.25 bits per heavy atom. The minimum absolute atomic E-state index is 0.891. The van der Waals surface area contributed by atoms with Crippen molar-refractivity contribution in [1.29, 1.82) is 0 Å². The molecule has 0 saturated carbocycles. The molecule has 0 radical (unpaired) electrons. The Bertz CT molecular complexity index is 460. The SMILES string of the molecule is C=C\C=C/C(C)=N/N=C/CCCCC1=CCC=CC=C1. The van der Waals surface area contributed by atoms with Crippen molar-refractivity contribution >= 4 is 11.9 Å². The first-order valence-electron chi connectivity index (χ1n) is 7.20. The van der Waals surface area contributed by atoms with Gasteiger partial charge in [-0.1, -0.05) is 54.7 Å². The Balaban J connectivity index is 2.14. The minimum Gasteiger partial charge on any atom is -0.163 e. The molecule has 106 valence electrons. The fourth-order valence-corrected chi connectivity index (χ4v) is 1.80. The second kappa shape index (κ2) is 10.9. The summed E-state index contributed by atoms with van der Waals surface area (Å²) in [5.41, 5.74) is 2.33. The van der Waals surface area contributed by atoms with Crippen LogP contribution in [0.3, 0.4) is 0 Å². The molecule has 0 atom stereocenters. The van der Waals surface area contributed by atoms with Gasteiger partial charge in [-0.05, 0) is 45.1 Å². The minimum atomic E-state index is 0.891. The van der Waals surface area contributed by atoms with Gasteiger partial charge in [0.05, 0.1) is 5.71 Å². The molecule has 0 aliphatic heterocycles. The number of unbranched alkanes of at least 4 members (excludes halogenated alkanes) is 2. The highest BCUT2D eigenvalue weighted by atomic mass is 15.2. The highest BCUT2D eigenvalue weighted by molar-refractivity contribution is 5.93. The predicted molar refractivity (Wildman–Crippen MR) is 90.4 cm³/mol. The van der Waals surface area contributed by atoms with Crippen LogP contribution in [-0.2, 0) is 0 Å². The van der Waals surface area contributed by atoms with Gasteiger partial charge < -0.3 is 0 Å². The monoisotopic (exact) mass is 268 g/mol. The summed E-state index contributed by atoms with van der Waals surface area (Å²) in [4.78, 5) is 0. The molecule has 0 aromatic heterocycles. The zero-order chi connectivity index (χ0) is 14.5. The highest BCUT2D eigenvalue weighted by Gasteiger charge is 1.94. The van der Waals surface area contributed by atoms with Crippen LogP contribution in [-0.4, -0.2) is 11.9 Å². The van der Waals surface area contributed by atoms with Gasteiger partial charge in [0.15, 0.2) is 0 Å². The first kappa shape index (κ1) is 16.1. The number of nitrogens with zero attached hydrogens (tertiary/aromatic N) is 2. The van der Waals surface area contributed by atoms with Crippen LogP contribution in [0.25, 0.3) is 0 Å². The average Bonchev–Trinajstić information content (AvgIpc) is 2.72.